The lowest BCUT2D eigenvalue weighted by molar-refractivity contribution is -0.139. The SMILES string of the molecule is O=C1C(=O)N(CCc2c[nH]c3ccccc23)[C@@H](c2ccc(O)cc2)C1=C(O)c1ccc(F)cc1. The molecule has 4 aromatic rings. The Bertz CT molecular complexity index is 1420. The monoisotopic (exact) mass is 456 g/mol. The Kier molecular flexibility index (Phi) is 5.37. The third-order valence-electron chi connectivity index (χ3n) is 6.16. The van der Waals surface area contributed by atoms with Crippen LogP contribution in [0.25, 0.3) is 16.7 Å². The zero-order chi connectivity index (χ0) is 23.8. The van der Waals surface area contributed by atoms with Gasteiger partial charge in [-0.15, -0.1) is 0 Å². The van der Waals surface area contributed by atoms with Gasteiger partial charge in [0.25, 0.3) is 11.7 Å². The highest BCUT2D eigenvalue weighted by Crippen LogP contribution is 2.40. The largest absolute Gasteiger partial charge is 0.508 e. The van der Waals surface area contributed by atoms with Crippen LogP contribution < -0.4 is 0 Å². The Hall–Kier alpha value is -4.39. The van der Waals surface area contributed by atoms with E-state index in [2.05, 4.69) is 4.98 Å². The molecule has 0 spiro atoms. The molecule has 3 aromatic carbocycles. The Morgan fingerprint density at radius 1 is 0.971 bits per heavy atom. The summed E-state index contributed by atoms with van der Waals surface area (Å²) >= 11 is 0. The summed E-state index contributed by atoms with van der Waals surface area (Å²) in [7, 11) is 0. The molecule has 1 saturated heterocycles. The fourth-order valence-corrected chi connectivity index (χ4v) is 4.46. The van der Waals surface area contributed by atoms with Gasteiger partial charge in [-0.05, 0) is 60.0 Å². The van der Waals surface area contributed by atoms with Crippen LogP contribution in [0.2, 0.25) is 0 Å². The van der Waals surface area contributed by atoms with Crippen molar-refractivity contribution < 1.29 is 24.2 Å². The lowest BCUT2D eigenvalue weighted by Gasteiger charge is -2.25. The van der Waals surface area contributed by atoms with E-state index in [-0.39, 0.29) is 29.2 Å². The molecule has 1 aromatic heterocycles. The highest BCUT2D eigenvalue weighted by molar-refractivity contribution is 6.46. The van der Waals surface area contributed by atoms with Crippen LogP contribution in [0.4, 0.5) is 4.39 Å². The number of amides is 1. The molecule has 6 nitrogen and oxygen atoms in total. The number of phenolic OH excluding ortho intramolecular Hbond substituents is 1. The number of aromatic nitrogens is 1. The minimum absolute atomic E-state index is 0.0398. The van der Waals surface area contributed by atoms with E-state index in [1.54, 1.807) is 12.1 Å². The van der Waals surface area contributed by atoms with Crippen LogP contribution in [0, 0.1) is 5.82 Å². The third-order valence-corrected chi connectivity index (χ3v) is 6.16. The first kappa shape index (κ1) is 21.5. The van der Waals surface area contributed by atoms with Gasteiger partial charge in [-0.1, -0.05) is 30.3 Å². The van der Waals surface area contributed by atoms with Crippen molar-refractivity contribution in [1.82, 2.24) is 9.88 Å². The maximum Gasteiger partial charge on any atom is 0.295 e. The Morgan fingerprint density at radius 2 is 1.68 bits per heavy atom. The van der Waals surface area contributed by atoms with Gasteiger partial charge in [-0.3, -0.25) is 9.59 Å². The molecule has 5 rings (SSSR count). The summed E-state index contributed by atoms with van der Waals surface area (Å²) in [5.74, 6) is -2.34. The van der Waals surface area contributed by atoms with Crippen molar-refractivity contribution in [3.63, 3.8) is 0 Å². The predicted octanol–water partition coefficient (Wildman–Crippen LogP) is 4.68. The first-order valence-corrected chi connectivity index (χ1v) is 10.8. The number of Topliss-reactive ketones (excluding diaryl/α,β-unsaturated/α-hetero) is 1. The number of hydrogen-bond acceptors (Lipinski definition) is 4. The van der Waals surface area contributed by atoms with E-state index >= 15 is 0 Å². The van der Waals surface area contributed by atoms with Crippen LogP contribution in [0.1, 0.15) is 22.7 Å². The number of phenols is 1. The third kappa shape index (κ3) is 3.71. The number of likely N-dealkylation sites (tertiary alicyclic amines) is 1. The number of aromatic amines is 1. The second-order valence-corrected chi connectivity index (χ2v) is 8.20. The van der Waals surface area contributed by atoms with Gasteiger partial charge in [0.05, 0.1) is 11.6 Å². The van der Waals surface area contributed by atoms with Gasteiger partial charge in [0.1, 0.15) is 17.3 Å². The van der Waals surface area contributed by atoms with Gasteiger partial charge >= 0.3 is 0 Å². The number of fused-ring (bicyclic) bond motifs is 1. The molecule has 1 aliphatic rings. The molecule has 1 amide bonds. The average Bonchev–Trinajstić information content (AvgIpc) is 3.37. The molecule has 1 aliphatic heterocycles. The highest BCUT2D eigenvalue weighted by atomic mass is 19.1. The number of rotatable bonds is 5. The minimum Gasteiger partial charge on any atom is -0.508 e. The Balaban J connectivity index is 1.56. The van der Waals surface area contributed by atoms with E-state index in [9.17, 15) is 24.2 Å². The number of nitrogens with one attached hydrogen (secondary N) is 1. The quantitative estimate of drug-likeness (QED) is 0.231. The van der Waals surface area contributed by atoms with Crippen LogP contribution in [-0.2, 0) is 16.0 Å². The number of hydrogen-bond donors (Lipinski definition) is 3. The normalized spacial score (nSPS) is 17.6. The molecule has 0 aliphatic carbocycles. The summed E-state index contributed by atoms with van der Waals surface area (Å²) in [5.41, 5.74) is 2.71. The van der Waals surface area contributed by atoms with Crippen molar-refractivity contribution in [1.29, 1.82) is 0 Å². The predicted molar refractivity (Wildman–Crippen MR) is 126 cm³/mol. The van der Waals surface area contributed by atoms with E-state index in [1.807, 2.05) is 30.5 Å². The molecule has 0 saturated carbocycles. The van der Waals surface area contributed by atoms with E-state index in [1.165, 1.54) is 41.3 Å². The molecule has 34 heavy (non-hydrogen) atoms. The van der Waals surface area contributed by atoms with E-state index in [0.717, 1.165) is 16.5 Å². The van der Waals surface area contributed by atoms with Crippen LogP contribution in [0.15, 0.2) is 84.6 Å². The summed E-state index contributed by atoms with van der Waals surface area (Å²) in [5, 5.41) is 21.8. The number of H-pyrrole nitrogens is 1. The van der Waals surface area contributed by atoms with Crippen LogP contribution in [0.5, 0.6) is 5.75 Å². The summed E-state index contributed by atoms with van der Waals surface area (Å²) in [4.78, 5) is 30.8. The van der Waals surface area contributed by atoms with Gasteiger partial charge in [-0.25, -0.2) is 4.39 Å². The standard InChI is InChI=1S/C27H21FN2O4/c28-19-9-5-17(6-10-19)25(32)23-24(16-7-11-20(31)12-8-16)30(27(34)26(23)33)14-13-18-15-29-22-4-2-1-3-21(18)22/h1-12,15,24,29,31-32H,13-14H2/t24-/m0/s1. The number of ketones is 1. The van der Waals surface area contributed by atoms with Crippen LogP contribution >= 0.6 is 0 Å². The fourth-order valence-electron chi connectivity index (χ4n) is 4.46. The number of aliphatic hydroxyl groups excluding tert-OH is 1. The summed E-state index contributed by atoms with van der Waals surface area (Å²) in [6, 6.07) is 18.2. The smallest absolute Gasteiger partial charge is 0.295 e. The number of nitrogens with zero attached hydrogens (tertiary/aromatic N) is 1. The average molecular weight is 456 g/mol. The van der Waals surface area contributed by atoms with Crippen LogP contribution in [0.3, 0.4) is 0 Å². The molecule has 0 radical (unpaired) electrons. The van der Waals surface area contributed by atoms with E-state index < -0.39 is 23.5 Å². The molecule has 7 heteroatoms. The van der Waals surface area contributed by atoms with E-state index in [0.29, 0.717) is 12.0 Å². The highest BCUT2D eigenvalue weighted by Gasteiger charge is 2.45. The Labute approximate surface area is 194 Å². The number of carbonyl (C=O) groups excluding carboxylic acids is 2. The fraction of sp³-hybridized carbons (Fsp3) is 0.111. The lowest BCUT2D eigenvalue weighted by atomic mass is 9.95. The minimum atomic E-state index is -0.851. The maximum atomic E-state index is 13.4. The molecule has 2 heterocycles. The molecule has 1 fully saturated rings. The number of para-hydroxylation sites is 1. The zero-order valence-corrected chi connectivity index (χ0v) is 18.0. The summed E-state index contributed by atoms with van der Waals surface area (Å²) in [6.45, 7) is 0.234. The molecule has 3 N–H and O–H groups in total. The maximum absolute atomic E-state index is 13.4. The molecule has 1 atom stereocenters. The molecular formula is C27H21FN2O4. The van der Waals surface area contributed by atoms with Crippen molar-refractivity contribution in [3.05, 3.63) is 107 Å². The van der Waals surface area contributed by atoms with Crippen molar-refractivity contribution in [2.24, 2.45) is 0 Å². The first-order valence-electron chi connectivity index (χ1n) is 10.8. The number of halogens is 1. The first-order chi connectivity index (χ1) is 16.4. The van der Waals surface area contributed by atoms with Gasteiger partial charge < -0.3 is 20.1 Å². The second kappa shape index (κ2) is 8.51. The van der Waals surface area contributed by atoms with Crippen molar-refractivity contribution in [2.75, 3.05) is 6.54 Å². The topological polar surface area (TPSA) is 93.6 Å². The van der Waals surface area contributed by atoms with E-state index in [4.69, 9.17) is 0 Å². The van der Waals surface area contributed by atoms with Crippen molar-refractivity contribution in [2.45, 2.75) is 12.5 Å². The van der Waals surface area contributed by atoms with Crippen molar-refractivity contribution in [3.8, 4) is 5.75 Å². The number of benzene rings is 3. The molecular weight excluding hydrogens is 435 g/mol. The molecule has 0 unspecified atom stereocenters. The van der Waals surface area contributed by atoms with Gasteiger partial charge in [0, 0.05) is 29.2 Å². The molecule has 170 valence electrons. The van der Waals surface area contributed by atoms with Gasteiger partial charge in [-0.2, -0.15) is 0 Å². The lowest BCUT2D eigenvalue weighted by Crippen LogP contribution is -2.31. The van der Waals surface area contributed by atoms with Crippen molar-refractivity contribution >= 4 is 28.4 Å². The zero-order valence-electron chi connectivity index (χ0n) is 18.0. The number of carbonyl (C=O) groups is 2. The summed E-state index contributed by atoms with van der Waals surface area (Å²) < 4.78 is 13.4. The summed E-state index contributed by atoms with van der Waals surface area (Å²) in [6.07, 6.45) is 2.37. The van der Waals surface area contributed by atoms with Crippen LogP contribution in [-0.4, -0.2) is 38.3 Å². The Morgan fingerprint density at radius 3 is 2.41 bits per heavy atom. The number of aliphatic hydroxyl groups is 1. The molecule has 0 bridgehead atoms. The van der Waals surface area contributed by atoms with Gasteiger partial charge in [0.15, 0.2) is 0 Å². The number of aromatic hydroxyl groups is 1. The van der Waals surface area contributed by atoms with Gasteiger partial charge in [0.2, 0.25) is 0 Å². The second-order valence-electron chi connectivity index (χ2n) is 8.20.